The summed E-state index contributed by atoms with van der Waals surface area (Å²) in [5.41, 5.74) is 2.82. The number of hydrogen-bond donors (Lipinski definition) is 2. The van der Waals surface area contributed by atoms with Crippen LogP contribution in [0.2, 0.25) is 0 Å². The van der Waals surface area contributed by atoms with Crippen LogP contribution in [0, 0.1) is 18.8 Å². The number of aryl methyl sites for hydroxylation is 1. The van der Waals surface area contributed by atoms with E-state index in [2.05, 4.69) is 22.1 Å². The number of rotatable bonds is 2. The van der Waals surface area contributed by atoms with Crippen molar-refractivity contribution in [1.82, 2.24) is 4.98 Å². The molecule has 4 nitrogen and oxygen atoms in total. The maximum atomic E-state index is 12.2. The van der Waals surface area contributed by atoms with Crippen LogP contribution < -0.4 is 5.32 Å². The Bertz CT molecular complexity index is 670. The molecule has 0 aliphatic carbocycles. The van der Waals surface area contributed by atoms with Gasteiger partial charge in [-0.1, -0.05) is 17.9 Å². The highest BCUT2D eigenvalue weighted by molar-refractivity contribution is 6.05. The fraction of sp³-hybridized carbons (Fsp3) is 0.125. The Labute approximate surface area is 117 Å². The number of hydrogen-bond acceptors (Lipinski definition) is 3. The Morgan fingerprint density at radius 2 is 2.05 bits per heavy atom. The second kappa shape index (κ2) is 6.50. The van der Waals surface area contributed by atoms with Gasteiger partial charge in [0.2, 0.25) is 0 Å². The quantitative estimate of drug-likeness (QED) is 0.817. The Hall–Kier alpha value is -2.64. The number of aromatic nitrogens is 1. The molecule has 1 amide bonds. The van der Waals surface area contributed by atoms with E-state index in [9.17, 15) is 4.79 Å². The molecule has 1 aromatic carbocycles. The van der Waals surface area contributed by atoms with Crippen molar-refractivity contribution in [3.63, 3.8) is 0 Å². The number of nitrogens with zero attached hydrogens (tertiary/aromatic N) is 1. The predicted octanol–water partition coefficient (Wildman–Crippen LogP) is 1.99. The summed E-state index contributed by atoms with van der Waals surface area (Å²) >= 11 is 0. The zero-order valence-corrected chi connectivity index (χ0v) is 11.1. The van der Waals surface area contributed by atoms with E-state index in [0.717, 1.165) is 5.56 Å². The molecule has 1 heterocycles. The van der Waals surface area contributed by atoms with Gasteiger partial charge in [-0.25, -0.2) is 0 Å². The van der Waals surface area contributed by atoms with Gasteiger partial charge in [-0.15, -0.1) is 0 Å². The fourth-order valence-corrected chi connectivity index (χ4v) is 1.72. The van der Waals surface area contributed by atoms with E-state index in [-0.39, 0.29) is 12.5 Å². The number of anilines is 1. The van der Waals surface area contributed by atoms with Gasteiger partial charge in [0.1, 0.15) is 6.61 Å². The molecule has 0 spiro atoms. The zero-order chi connectivity index (χ0) is 14.4. The first-order valence-electron chi connectivity index (χ1n) is 6.12. The van der Waals surface area contributed by atoms with Gasteiger partial charge in [-0.3, -0.25) is 9.78 Å². The number of aliphatic hydroxyl groups is 1. The van der Waals surface area contributed by atoms with Crippen LogP contribution in [0.5, 0.6) is 0 Å². The van der Waals surface area contributed by atoms with Crippen LogP contribution in [0.15, 0.2) is 42.7 Å². The van der Waals surface area contributed by atoms with E-state index >= 15 is 0 Å². The molecule has 0 atom stereocenters. The highest BCUT2D eigenvalue weighted by atomic mass is 16.2. The molecule has 1 aromatic heterocycles. The number of aliphatic hydroxyl groups excluding tert-OH is 1. The van der Waals surface area contributed by atoms with Gasteiger partial charge in [0.25, 0.3) is 5.91 Å². The van der Waals surface area contributed by atoms with E-state index < -0.39 is 0 Å². The first-order valence-corrected chi connectivity index (χ1v) is 6.12. The van der Waals surface area contributed by atoms with Crippen molar-refractivity contribution in [2.75, 3.05) is 11.9 Å². The summed E-state index contributed by atoms with van der Waals surface area (Å²) in [6.45, 7) is 1.66. The summed E-state index contributed by atoms with van der Waals surface area (Å²) in [4.78, 5) is 16.1. The third-order valence-corrected chi connectivity index (χ3v) is 2.73. The van der Waals surface area contributed by atoms with Crippen molar-refractivity contribution in [2.24, 2.45) is 0 Å². The summed E-state index contributed by atoms with van der Waals surface area (Å²) in [5, 5.41) is 11.5. The molecular formula is C16H14N2O2. The lowest BCUT2D eigenvalue weighted by Gasteiger charge is -2.08. The molecule has 0 bridgehead atoms. The van der Waals surface area contributed by atoms with Crippen LogP contribution in [0.3, 0.4) is 0 Å². The van der Waals surface area contributed by atoms with Gasteiger partial charge in [0, 0.05) is 29.2 Å². The molecule has 0 aliphatic heterocycles. The number of benzene rings is 1. The Kier molecular flexibility index (Phi) is 4.48. The molecule has 2 N–H and O–H groups in total. The summed E-state index contributed by atoms with van der Waals surface area (Å²) in [5.74, 6) is 5.16. The Morgan fingerprint density at radius 3 is 2.75 bits per heavy atom. The molecule has 0 unspecified atom stereocenters. The van der Waals surface area contributed by atoms with Gasteiger partial charge in [-0.2, -0.15) is 0 Å². The lowest BCUT2D eigenvalue weighted by Crippen LogP contribution is -2.13. The Morgan fingerprint density at radius 1 is 1.30 bits per heavy atom. The van der Waals surface area contributed by atoms with Crippen LogP contribution >= 0.6 is 0 Å². The molecular weight excluding hydrogens is 252 g/mol. The van der Waals surface area contributed by atoms with Crippen molar-refractivity contribution in [1.29, 1.82) is 0 Å². The van der Waals surface area contributed by atoms with Gasteiger partial charge < -0.3 is 10.4 Å². The van der Waals surface area contributed by atoms with Crippen LogP contribution in [0.1, 0.15) is 21.5 Å². The topological polar surface area (TPSA) is 62.2 Å². The lowest BCUT2D eigenvalue weighted by atomic mass is 10.0. The van der Waals surface area contributed by atoms with Gasteiger partial charge in [0.15, 0.2) is 0 Å². The van der Waals surface area contributed by atoms with E-state index in [1.807, 2.05) is 19.1 Å². The van der Waals surface area contributed by atoms with Crippen molar-refractivity contribution < 1.29 is 9.90 Å². The molecule has 0 radical (unpaired) electrons. The molecule has 0 saturated heterocycles. The lowest BCUT2D eigenvalue weighted by molar-refractivity contribution is 0.102. The molecule has 0 saturated carbocycles. The second-order valence-electron chi connectivity index (χ2n) is 4.18. The third-order valence-electron chi connectivity index (χ3n) is 2.73. The highest BCUT2D eigenvalue weighted by Gasteiger charge is 2.09. The van der Waals surface area contributed by atoms with Gasteiger partial charge >= 0.3 is 0 Å². The number of nitrogens with one attached hydrogen (secondary N) is 1. The molecule has 2 rings (SSSR count). The van der Waals surface area contributed by atoms with Crippen LogP contribution in [0.25, 0.3) is 0 Å². The summed E-state index contributed by atoms with van der Waals surface area (Å²) in [6, 6.07) is 8.82. The minimum atomic E-state index is -0.202. The highest BCUT2D eigenvalue weighted by Crippen LogP contribution is 2.13. The monoisotopic (exact) mass is 266 g/mol. The fourth-order valence-electron chi connectivity index (χ4n) is 1.72. The third kappa shape index (κ3) is 3.44. The molecule has 0 fully saturated rings. The number of carbonyl (C=O) groups excluding carboxylic acids is 1. The second-order valence-corrected chi connectivity index (χ2v) is 4.18. The van der Waals surface area contributed by atoms with E-state index in [1.54, 1.807) is 30.6 Å². The van der Waals surface area contributed by atoms with E-state index in [0.29, 0.717) is 16.8 Å². The summed E-state index contributed by atoms with van der Waals surface area (Å²) in [7, 11) is 0. The standard InChI is InChI=1S/C16H14N2O2/c1-12-4-5-13(3-2-10-19)11-15(12)16(20)18-14-6-8-17-9-7-14/h4-9,11,19H,10H2,1H3,(H,17,18,20). The van der Waals surface area contributed by atoms with Crippen molar-refractivity contribution in [2.45, 2.75) is 6.92 Å². The van der Waals surface area contributed by atoms with Crippen molar-refractivity contribution in [3.05, 3.63) is 59.4 Å². The first kappa shape index (κ1) is 13.8. The van der Waals surface area contributed by atoms with Crippen LogP contribution in [-0.4, -0.2) is 22.6 Å². The predicted molar refractivity (Wildman–Crippen MR) is 77.3 cm³/mol. The molecule has 2 aromatic rings. The van der Waals surface area contributed by atoms with E-state index in [4.69, 9.17) is 5.11 Å². The number of carbonyl (C=O) groups is 1. The van der Waals surface area contributed by atoms with Crippen molar-refractivity contribution in [3.8, 4) is 11.8 Å². The largest absolute Gasteiger partial charge is 0.384 e. The van der Waals surface area contributed by atoms with Gasteiger partial charge in [-0.05, 0) is 36.8 Å². The van der Waals surface area contributed by atoms with E-state index in [1.165, 1.54) is 0 Å². The van der Waals surface area contributed by atoms with Crippen molar-refractivity contribution >= 4 is 11.6 Å². The SMILES string of the molecule is Cc1ccc(C#CCO)cc1C(=O)Nc1ccncc1. The molecule has 4 heteroatoms. The number of pyridine rings is 1. The first-order chi connectivity index (χ1) is 9.70. The average Bonchev–Trinajstić information content (AvgIpc) is 2.47. The minimum Gasteiger partial charge on any atom is -0.384 e. The summed E-state index contributed by atoms with van der Waals surface area (Å²) < 4.78 is 0. The number of amides is 1. The Balaban J connectivity index is 2.25. The molecule has 100 valence electrons. The maximum absolute atomic E-state index is 12.2. The summed E-state index contributed by atoms with van der Waals surface area (Å²) in [6.07, 6.45) is 3.23. The minimum absolute atomic E-state index is 0.193. The van der Waals surface area contributed by atoms with Crippen LogP contribution in [0.4, 0.5) is 5.69 Å². The average molecular weight is 266 g/mol. The molecule has 0 aliphatic rings. The maximum Gasteiger partial charge on any atom is 0.255 e. The van der Waals surface area contributed by atoms with Crippen LogP contribution in [-0.2, 0) is 0 Å². The normalized spacial score (nSPS) is 9.50. The van der Waals surface area contributed by atoms with Gasteiger partial charge in [0.05, 0.1) is 0 Å². The molecule has 20 heavy (non-hydrogen) atoms. The smallest absolute Gasteiger partial charge is 0.255 e. The zero-order valence-electron chi connectivity index (χ0n) is 11.1.